The van der Waals surface area contributed by atoms with Gasteiger partial charge in [0.05, 0.1) is 12.1 Å². The maximum absolute atomic E-state index is 9.97. The lowest BCUT2D eigenvalue weighted by Gasteiger charge is -2.21. The highest BCUT2D eigenvalue weighted by Gasteiger charge is 2.17. The van der Waals surface area contributed by atoms with E-state index in [-0.39, 0.29) is 6.04 Å². The Kier molecular flexibility index (Phi) is 4.59. The lowest BCUT2D eigenvalue weighted by atomic mass is 9.99. The standard InChI is InChI=1S/C11H18N2O/c1-2-6-10(13-12)11(14)9-7-4-3-5-8-9/h3-5,7-8,10-11,13-14H,2,6,12H2,1H3/t10-,11?/m1/s1. The van der Waals surface area contributed by atoms with Crippen LogP contribution in [-0.2, 0) is 0 Å². The number of hydrazine groups is 1. The smallest absolute Gasteiger partial charge is 0.0956 e. The van der Waals surface area contributed by atoms with Crippen LogP contribution in [0.3, 0.4) is 0 Å². The van der Waals surface area contributed by atoms with Crippen molar-refractivity contribution in [2.45, 2.75) is 31.9 Å². The predicted molar refractivity (Wildman–Crippen MR) is 57.4 cm³/mol. The minimum atomic E-state index is -0.527. The number of hydrogen-bond donors (Lipinski definition) is 3. The average molecular weight is 194 g/mol. The molecule has 3 nitrogen and oxygen atoms in total. The monoisotopic (exact) mass is 194 g/mol. The van der Waals surface area contributed by atoms with E-state index >= 15 is 0 Å². The lowest BCUT2D eigenvalue weighted by Crippen LogP contribution is -2.39. The van der Waals surface area contributed by atoms with E-state index in [1.54, 1.807) is 0 Å². The van der Waals surface area contributed by atoms with E-state index in [0.717, 1.165) is 18.4 Å². The second-order valence-corrected chi connectivity index (χ2v) is 3.42. The minimum Gasteiger partial charge on any atom is -0.387 e. The molecule has 0 spiro atoms. The molecule has 78 valence electrons. The number of benzene rings is 1. The molecule has 3 heteroatoms. The Morgan fingerprint density at radius 1 is 1.36 bits per heavy atom. The third-order valence-electron chi connectivity index (χ3n) is 2.34. The first-order valence-corrected chi connectivity index (χ1v) is 4.98. The molecule has 1 rings (SSSR count). The topological polar surface area (TPSA) is 58.3 Å². The number of aliphatic hydroxyl groups is 1. The molecule has 0 aliphatic rings. The van der Waals surface area contributed by atoms with Crippen LogP contribution in [0.4, 0.5) is 0 Å². The van der Waals surface area contributed by atoms with E-state index in [4.69, 9.17) is 5.84 Å². The zero-order chi connectivity index (χ0) is 10.4. The zero-order valence-electron chi connectivity index (χ0n) is 8.48. The van der Waals surface area contributed by atoms with Crippen LogP contribution in [0.15, 0.2) is 30.3 Å². The molecular weight excluding hydrogens is 176 g/mol. The van der Waals surface area contributed by atoms with Crippen LogP contribution in [0.1, 0.15) is 31.4 Å². The molecule has 0 aliphatic heterocycles. The van der Waals surface area contributed by atoms with Crippen LogP contribution in [0, 0.1) is 0 Å². The van der Waals surface area contributed by atoms with E-state index in [9.17, 15) is 5.11 Å². The lowest BCUT2D eigenvalue weighted by molar-refractivity contribution is 0.123. The Bertz CT molecular complexity index is 251. The SMILES string of the molecule is CCC[C@@H](NN)C(O)c1ccccc1. The van der Waals surface area contributed by atoms with Crippen molar-refractivity contribution in [2.24, 2.45) is 5.84 Å². The third-order valence-corrected chi connectivity index (χ3v) is 2.34. The summed E-state index contributed by atoms with van der Waals surface area (Å²) in [6.45, 7) is 2.07. The summed E-state index contributed by atoms with van der Waals surface area (Å²) in [5.41, 5.74) is 3.56. The number of hydrogen-bond acceptors (Lipinski definition) is 3. The fourth-order valence-corrected chi connectivity index (χ4v) is 1.53. The normalized spacial score (nSPS) is 15.1. The van der Waals surface area contributed by atoms with E-state index in [1.165, 1.54) is 0 Å². The first-order valence-electron chi connectivity index (χ1n) is 4.98. The van der Waals surface area contributed by atoms with Gasteiger partial charge in [-0.3, -0.25) is 11.3 Å². The van der Waals surface area contributed by atoms with Crippen LogP contribution in [0.5, 0.6) is 0 Å². The first-order chi connectivity index (χ1) is 6.79. The van der Waals surface area contributed by atoms with Crippen molar-refractivity contribution in [3.63, 3.8) is 0 Å². The number of aliphatic hydroxyl groups excluding tert-OH is 1. The molecule has 4 N–H and O–H groups in total. The summed E-state index contributed by atoms with van der Waals surface area (Å²) < 4.78 is 0. The average Bonchev–Trinajstić information content (AvgIpc) is 2.26. The maximum Gasteiger partial charge on any atom is 0.0956 e. The Hall–Kier alpha value is -0.900. The molecule has 0 saturated carbocycles. The molecule has 0 radical (unpaired) electrons. The largest absolute Gasteiger partial charge is 0.387 e. The molecule has 0 amide bonds. The van der Waals surface area contributed by atoms with E-state index < -0.39 is 6.10 Å². The van der Waals surface area contributed by atoms with Crippen LogP contribution in [0.2, 0.25) is 0 Å². The highest BCUT2D eigenvalue weighted by atomic mass is 16.3. The van der Waals surface area contributed by atoms with Gasteiger partial charge in [0.1, 0.15) is 0 Å². The van der Waals surface area contributed by atoms with Crippen molar-refractivity contribution in [3.05, 3.63) is 35.9 Å². The summed E-state index contributed by atoms with van der Waals surface area (Å²) in [5.74, 6) is 5.39. The van der Waals surface area contributed by atoms with E-state index in [0.29, 0.717) is 0 Å². The highest BCUT2D eigenvalue weighted by molar-refractivity contribution is 5.18. The van der Waals surface area contributed by atoms with Gasteiger partial charge in [0.2, 0.25) is 0 Å². The summed E-state index contributed by atoms with van der Waals surface area (Å²) in [6, 6.07) is 9.51. The number of rotatable bonds is 5. The second kappa shape index (κ2) is 5.75. The third kappa shape index (κ3) is 2.80. The van der Waals surface area contributed by atoms with Crippen molar-refractivity contribution in [1.29, 1.82) is 0 Å². The fourth-order valence-electron chi connectivity index (χ4n) is 1.53. The molecule has 0 bridgehead atoms. The van der Waals surface area contributed by atoms with Gasteiger partial charge in [0, 0.05) is 0 Å². The van der Waals surface area contributed by atoms with E-state index in [1.807, 2.05) is 30.3 Å². The zero-order valence-corrected chi connectivity index (χ0v) is 8.48. The van der Waals surface area contributed by atoms with Gasteiger partial charge < -0.3 is 5.11 Å². The van der Waals surface area contributed by atoms with Crippen molar-refractivity contribution < 1.29 is 5.11 Å². The minimum absolute atomic E-state index is 0.0672. The van der Waals surface area contributed by atoms with Gasteiger partial charge in [-0.05, 0) is 12.0 Å². The molecule has 0 aromatic heterocycles. The quantitative estimate of drug-likeness (QED) is 0.490. The fraction of sp³-hybridized carbons (Fsp3) is 0.455. The van der Waals surface area contributed by atoms with Crippen molar-refractivity contribution in [1.82, 2.24) is 5.43 Å². The van der Waals surface area contributed by atoms with Gasteiger partial charge in [0.25, 0.3) is 0 Å². The van der Waals surface area contributed by atoms with Crippen LogP contribution >= 0.6 is 0 Å². The predicted octanol–water partition coefficient (Wildman–Crippen LogP) is 1.35. The van der Waals surface area contributed by atoms with Gasteiger partial charge in [-0.15, -0.1) is 0 Å². The van der Waals surface area contributed by atoms with Crippen LogP contribution in [0.25, 0.3) is 0 Å². The summed E-state index contributed by atoms with van der Waals surface area (Å²) in [6.07, 6.45) is 1.34. The summed E-state index contributed by atoms with van der Waals surface area (Å²) >= 11 is 0. The van der Waals surface area contributed by atoms with Crippen molar-refractivity contribution >= 4 is 0 Å². The van der Waals surface area contributed by atoms with Crippen molar-refractivity contribution in [2.75, 3.05) is 0 Å². The molecule has 14 heavy (non-hydrogen) atoms. The van der Waals surface area contributed by atoms with Crippen LogP contribution < -0.4 is 11.3 Å². The Balaban J connectivity index is 2.67. The van der Waals surface area contributed by atoms with Crippen molar-refractivity contribution in [3.8, 4) is 0 Å². The van der Waals surface area contributed by atoms with Gasteiger partial charge in [0.15, 0.2) is 0 Å². The number of nitrogens with two attached hydrogens (primary N) is 1. The van der Waals surface area contributed by atoms with E-state index in [2.05, 4.69) is 12.3 Å². The summed E-state index contributed by atoms with van der Waals surface area (Å²) in [5, 5.41) is 9.97. The van der Waals surface area contributed by atoms with Crippen LogP contribution in [-0.4, -0.2) is 11.1 Å². The highest BCUT2D eigenvalue weighted by Crippen LogP contribution is 2.18. The molecule has 0 aliphatic carbocycles. The molecular formula is C11H18N2O. The Morgan fingerprint density at radius 2 is 2.00 bits per heavy atom. The summed E-state index contributed by atoms with van der Waals surface area (Å²) in [4.78, 5) is 0. The Morgan fingerprint density at radius 3 is 2.50 bits per heavy atom. The second-order valence-electron chi connectivity index (χ2n) is 3.42. The van der Waals surface area contributed by atoms with Gasteiger partial charge in [-0.2, -0.15) is 0 Å². The molecule has 0 heterocycles. The molecule has 1 aromatic rings. The maximum atomic E-state index is 9.97. The Labute approximate surface area is 84.9 Å². The first kappa shape index (κ1) is 11.2. The molecule has 1 aromatic carbocycles. The molecule has 0 fully saturated rings. The van der Waals surface area contributed by atoms with Gasteiger partial charge in [-0.25, -0.2) is 0 Å². The molecule has 1 unspecified atom stereocenters. The van der Waals surface area contributed by atoms with Gasteiger partial charge >= 0.3 is 0 Å². The molecule has 2 atom stereocenters. The summed E-state index contributed by atoms with van der Waals surface area (Å²) in [7, 11) is 0. The molecule has 0 saturated heterocycles. The van der Waals surface area contributed by atoms with Gasteiger partial charge in [-0.1, -0.05) is 43.7 Å². The number of nitrogens with one attached hydrogen (secondary N) is 1.